The second kappa shape index (κ2) is 8.60. The molecule has 0 spiro atoms. The number of nitrogens with zero attached hydrogens (tertiary/aromatic N) is 2. The zero-order valence-corrected chi connectivity index (χ0v) is 18.6. The zero-order valence-electron chi connectivity index (χ0n) is 17.8. The summed E-state index contributed by atoms with van der Waals surface area (Å²) in [5, 5.41) is 15.1. The van der Waals surface area contributed by atoms with E-state index in [9.17, 15) is 9.90 Å². The molecule has 5 rings (SSSR count). The summed E-state index contributed by atoms with van der Waals surface area (Å²) in [6, 6.07) is 15.6. The Balaban J connectivity index is 1.54. The first-order chi connectivity index (χ1) is 15.5. The molecule has 32 heavy (non-hydrogen) atoms. The Morgan fingerprint density at radius 1 is 1.19 bits per heavy atom. The Labute approximate surface area is 191 Å². The Bertz CT molecular complexity index is 1140. The van der Waals surface area contributed by atoms with E-state index in [0.29, 0.717) is 24.5 Å². The molecule has 2 heterocycles. The van der Waals surface area contributed by atoms with Crippen LogP contribution in [0.3, 0.4) is 0 Å². The lowest BCUT2D eigenvalue weighted by molar-refractivity contribution is -0.148. The van der Waals surface area contributed by atoms with Gasteiger partial charge in [0, 0.05) is 22.8 Å². The topological polar surface area (TPSA) is 73.6 Å². The SMILES string of the molecule is COc1ccccc1-n1nc2c(c1-c1ccc(Cl)cc1)C[C@H](C1CC(C(=O)O)CCO1)C2. The third-order valence-electron chi connectivity index (χ3n) is 6.61. The number of para-hydroxylation sites is 2. The fraction of sp³-hybridized carbons (Fsp3) is 0.360. The number of fused-ring (bicyclic) bond motifs is 1. The highest BCUT2D eigenvalue weighted by Crippen LogP contribution is 2.41. The number of carbonyl (C=O) groups is 1. The Morgan fingerprint density at radius 3 is 2.72 bits per heavy atom. The highest BCUT2D eigenvalue weighted by molar-refractivity contribution is 6.30. The minimum absolute atomic E-state index is 0.0585. The molecule has 6 nitrogen and oxygen atoms in total. The maximum Gasteiger partial charge on any atom is 0.306 e. The molecular weight excluding hydrogens is 428 g/mol. The smallest absolute Gasteiger partial charge is 0.306 e. The number of ether oxygens (including phenoxy) is 2. The van der Waals surface area contributed by atoms with E-state index in [1.54, 1.807) is 7.11 Å². The Kier molecular flexibility index (Phi) is 5.66. The number of methoxy groups -OCH3 is 1. The van der Waals surface area contributed by atoms with Gasteiger partial charge in [-0.1, -0.05) is 35.9 Å². The first-order valence-corrected chi connectivity index (χ1v) is 11.3. The van der Waals surface area contributed by atoms with E-state index >= 15 is 0 Å². The minimum Gasteiger partial charge on any atom is -0.494 e. The Morgan fingerprint density at radius 2 is 1.97 bits per heavy atom. The van der Waals surface area contributed by atoms with Crippen molar-refractivity contribution < 1.29 is 19.4 Å². The van der Waals surface area contributed by atoms with Gasteiger partial charge in [-0.25, -0.2) is 4.68 Å². The summed E-state index contributed by atoms with van der Waals surface area (Å²) in [4.78, 5) is 11.5. The van der Waals surface area contributed by atoms with Crippen molar-refractivity contribution in [3.05, 3.63) is 64.8 Å². The average molecular weight is 453 g/mol. The number of hydrogen-bond donors (Lipinski definition) is 1. The quantitative estimate of drug-likeness (QED) is 0.602. The third kappa shape index (κ3) is 3.78. The van der Waals surface area contributed by atoms with Crippen LogP contribution in [-0.4, -0.2) is 40.7 Å². The fourth-order valence-corrected chi connectivity index (χ4v) is 5.11. The normalized spacial score (nSPS) is 22.5. The molecule has 1 aliphatic carbocycles. The van der Waals surface area contributed by atoms with Crippen LogP contribution in [-0.2, 0) is 22.4 Å². The Hall–Kier alpha value is -2.83. The molecule has 0 radical (unpaired) electrons. The van der Waals surface area contributed by atoms with Gasteiger partial charge in [0.1, 0.15) is 11.4 Å². The van der Waals surface area contributed by atoms with Crippen LogP contribution in [0.15, 0.2) is 48.5 Å². The summed E-state index contributed by atoms with van der Waals surface area (Å²) < 4.78 is 13.6. The van der Waals surface area contributed by atoms with Gasteiger partial charge in [0.25, 0.3) is 0 Å². The van der Waals surface area contributed by atoms with E-state index < -0.39 is 5.97 Å². The highest BCUT2D eigenvalue weighted by atomic mass is 35.5. The minimum atomic E-state index is -0.725. The molecule has 3 aromatic rings. The van der Waals surface area contributed by atoms with Crippen molar-refractivity contribution >= 4 is 17.6 Å². The van der Waals surface area contributed by atoms with Crippen molar-refractivity contribution in [3.63, 3.8) is 0 Å². The molecule has 0 saturated carbocycles. The monoisotopic (exact) mass is 452 g/mol. The molecule has 0 bridgehead atoms. The van der Waals surface area contributed by atoms with Gasteiger partial charge in [-0.05, 0) is 55.9 Å². The predicted octanol–water partition coefficient (Wildman–Crippen LogP) is 4.80. The molecular formula is C25H25ClN2O4. The summed E-state index contributed by atoms with van der Waals surface area (Å²) in [5.41, 5.74) is 5.15. The molecule has 2 aromatic carbocycles. The number of carboxylic acid groups (broad SMARTS) is 1. The van der Waals surface area contributed by atoms with Crippen LogP contribution >= 0.6 is 11.6 Å². The van der Waals surface area contributed by atoms with Gasteiger partial charge in [-0.2, -0.15) is 5.10 Å². The van der Waals surface area contributed by atoms with E-state index in [4.69, 9.17) is 26.2 Å². The zero-order chi connectivity index (χ0) is 22.2. The van der Waals surface area contributed by atoms with Crippen molar-refractivity contribution in [2.24, 2.45) is 11.8 Å². The summed E-state index contributed by atoms with van der Waals surface area (Å²) >= 11 is 6.15. The van der Waals surface area contributed by atoms with Crippen LogP contribution in [0.25, 0.3) is 16.9 Å². The van der Waals surface area contributed by atoms with Crippen LogP contribution in [0.2, 0.25) is 5.02 Å². The number of halogens is 1. The predicted molar refractivity (Wildman–Crippen MR) is 122 cm³/mol. The summed E-state index contributed by atoms with van der Waals surface area (Å²) in [6.07, 6.45) is 2.67. The summed E-state index contributed by atoms with van der Waals surface area (Å²) in [7, 11) is 1.66. The van der Waals surface area contributed by atoms with E-state index in [2.05, 4.69) is 0 Å². The number of aliphatic carboxylic acids is 1. The number of benzene rings is 2. The van der Waals surface area contributed by atoms with Crippen molar-refractivity contribution in [2.45, 2.75) is 31.8 Å². The van der Waals surface area contributed by atoms with Gasteiger partial charge in [0.2, 0.25) is 0 Å². The van der Waals surface area contributed by atoms with Crippen LogP contribution in [0.4, 0.5) is 0 Å². The van der Waals surface area contributed by atoms with Crippen LogP contribution < -0.4 is 4.74 Å². The maximum absolute atomic E-state index is 11.5. The second-order valence-corrected chi connectivity index (χ2v) is 8.94. The summed E-state index contributed by atoms with van der Waals surface area (Å²) in [6.45, 7) is 0.501. The van der Waals surface area contributed by atoms with E-state index in [1.165, 1.54) is 5.56 Å². The molecule has 7 heteroatoms. The van der Waals surface area contributed by atoms with Gasteiger partial charge in [0.05, 0.1) is 30.5 Å². The third-order valence-corrected chi connectivity index (χ3v) is 6.86. The van der Waals surface area contributed by atoms with Gasteiger partial charge in [-0.15, -0.1) is 0 Å². The lowest BCUT2D eigenvalue weighted by Gasteiger charge is -2.31. The second-order valence-electron chi connectivity index (χ2n) is 8.50. The average Bonchev–Trinajstić information content (AvgIpc) is 3.38. The molecule has 1 fully saturated rings. The van der Waals surface area contributed by atoms with E-state index in [1.807, 2.05) is 53.2 Å². The number of rotatable bonds is 5. The van der Waals surface area contributed by atoms with Crippen molar-refractivity contribution in [3.8, 4) is 22.7 Å². The molecule has 1 aliphatic heterocycles. The molecule has 3 atom stereocenters. The number of aromatic nitrogens is 2. The molecule has 2 unspecified atom stereocenters. The standard InChI is InChI=1S/C25H25ClN2O4/c1-31-22-5-3-2-4-21(22)28-24(15-6-8-18(26)9-7-15)19-12-17(13-20(19)27-28)23-14-16(25(29)30)10-11-32-23/h2-9,16-17,23H,10-14H2,1H3,(H,29,30)/t16?,17-,23?/m0/s1. The lowest BCUT2D eigenvalue weighted by atomic mass is 9.87. The first-order valence-electron chi connectivity index (χ1n) is 10.9. The van der Waals surface area contributed by atoms with Crippen molar-refractivity contribution in [1.29, 1.82) is 0 Å². The largest absolute Gasteiger partial charge is 0.494 e. The molecule has 1 aromatic heterocycles. The van der Waals surface area contributed by atoms with Crippen LogP contribution in [0.1, 0.15) is 24.1 Å². The van der Waals surface area contributed by atoms with E-state index in [-0.39, 0.29) is 17.9 Å². The highest BCUT2D eigenvalue weighted by Gasteiger charge is 2.39. The van der Waals surface area contributed by atoms with Gasteiger partial charge < -0.3 is 14.6 Å². The molecule has 2 aliphatic rings. The van der Waals surface area contributed by atoms with Crippen molar-refractivity contribution in [1.82, 2.24) is 9.78 Å². The van der Waals surface area contributed by atoms with Gasteiger partial charge in [-0.3, -0.25) is 4.79 Å². The fourth-order valence-electron chi connectivity index (χ4n) is 4.98. The van der Waals surface area contributed by atoms with Crippen molar-refractivity contribution in [2.75, 3.05) is 13.7 Å². The lowest BCUT2D eigenvalue weighted by Crippen LogP contribution is -2.35. The molecule has 1 N–H and O–H groups in total. The van der Waals surface area contributed by atoms with Crippen LogP contribution in [0.5, 0.6) is 5.75 Å². The van der Waals surface area contributed by atoms with Gasteiger partial charge in [0.15, 0.2) is 0 Å². The molecule has 0 amide bonds. The number of carboxylic acids is 1. The summed E-state index contributed by atoms with van der Waals surface area (Å²) in [5.74, 6) is -0.0726. The molecule has 166 valence electrons. The molecule has 1 saturated heterocycles. The first kappa shape index (κ1) is 21.0. The van der Waals surface area contributed by atoms with Crippen LogP contribution in [0, 0.1) is 11.8 Å². The number of hydrogen-bond acceptors (Lipinski definition) is 4. The van der Waals surface area contributed by atoms with E-state index in [0.717, 1.165) is 41.2 Å². The van der Waals surface area contributed by atoms with Gasteiger partial charge >= 0.3 is 5.97 Å². The maximum atomic E-state index is 11.5.